The molecule has 3 heterocycles. The maximum Gasteiger partial charge on any atom is 0.417 e. The predicted molar refractivity (Wildman–Crippen MR) is 139 cm³/mol. The number of urea groups is 1. The maximum atomic E-state index is 12.0. The molecule has 1 fully saturated rings. The van der Waals surface area contributed by atoms with E-state index in [0.29, 0.717) is 42.5 Å². The number of aryl methyl sites for hydroxylation is 1. The average Bonchev–Trinajstić information content (AvgIpc) is 3.26. The Kier molecular flexibility index (Phi) is 6.44. The number of carbonyl (C=O) groups is 1. The molecule has 0 spiro atoms. The number of amides is 2. The molecule has 186 valence electrons. The van der Waals surface area contributed by atoms with Gasteiger partial charge in [-0.05, 0) is 56.3 Å². The molecule has 2 aromatic carbocycles. The van der Waals surface area contributed by atoms with Gasteiger partial charge in [0.05, 0.1) is 5.52 Å². The summed E-state index contributed by atoms with van der Waals surface area (Å²) in [6, 6.07) is 13.4. The summed E-state index contributed by atoms with van der Waals surface area (Å²) in [5, 5.41) is 9.39. The third kappa shape index (κ3) is 5.09. The van der Waals surface area contributed by atoms with Crippen molar-refractivity contribution in [3.05, 3.63) is 64.8 Å². The summed E-state index contributed by atoms with van der Waals surface area (Å²) in [7, 11) is 0. The number of aromatic nitrogens is 3. The molecule has 0 aliphatic carbocycles. The molecule has 0 radical (unpaired) electrons. The number of oxazole rings is 1. The van der Waals surface area contributed by atoms with Crippen LogP contribution in [0.1, 0.15) is 12.5 Å². The number of piperazine rings is 1. The van der Waals surface area contributed by atoms with Gasteiger partial charge in [0.2, 0.25) is 5.95 Å². The van der Waals surface area contributed by atoms with Gasteiger partial charge in [0, 0.05) is 61.5 Å². The first-order chi connectivity index (χ1) is 17.5. The van der Waals surface area contributed by atoms with Crippen LogP contribution in [0.15, 0.2) is 57.9 Å². The van der Waals surface area contributed by atoms with E-state index in [1.54, 1.807) is 18.3 Å². The molecule has 1 saturated heterocycles. The molecule has 2 amide bonds. The van der Waals surface area contributed by atoms with Crippen molar-refractivity contribution in [2.24, 2.45) is 0 Å². The van der Waals surface area contributed by atoms with E-state index in [-0.39, 0.29) is 6.03 Å². The van der Waals surface area contributed by atoms with Crippen LogP contribution in [-0.2, 0) is 0 Å². The molecule has 4 aromatic rings. The Morgan fingerprint density at radius 2 is 1.81 bits per heavy atom. The molecule has 36 heavy (non-hydrogen) atoms. The van der Waals surface area contributed by atoms with Crippen molar-refractivity contribution in [3.63, 3.8) is 0 Å². The van der Waals surface area contributed by atoms with Crippen LogP contribution >= 0.6 is 0 Å². The van der Waals surface area contributed by atoms with Gasteiger partial charge in [-0.15, -0.1) is 0 Å². The largest absolute Gasteiger partial charge is 0.417 e. The van der Waals surface area contributed by atoms with Gasteiger partial charge in [0.15, 0.2) is 5.58 Å². The van der Waals surface area contributed by atoms with Crippen LogP contribution in [0.3, 0.4) is 0 Å². The van der Waals surface area contributed by atoms with Crippen LogP contribution in [-0.4, -0.2) is 58.6 Å². The van der Waals surface area contributed by atoms with Gasteiger partial charge in [-0.3, -0.25) is 4.98 Å². The number of hydrogen-bond donors (Lipinski definition) is 4. The minimum absolute atomic E-state index is 0.000568. The molecule has 1 aliphatic rings. The van der Waals surface area contributed by atoms with E-state index in [2.05, 4.69) is 47.9 Å². The zero-order valence-electron chi connectivity index (χ0n) is 20.2. The van der Waals surface area contributed by atoms with Crippen molar-refractivity contribution < 1.29 is 9.21 Å². The Morgan fingerprint density at radius 1 is 1.06 bits per heavy atom. The van der Waals surface area contributed by atoms with E-state index >= 15 is 0 Å². The zero-order chi connectivity index (χ0) is 25.1. The monoisotopic (exact) mass is 488 g/mol. The lowest BCUT2D eigenvalue weighted by molar-refractivity contribution is 0.195. The first kappa shape index (κ1) is 23.2. The first-order valence-corrected chi connectivity index (χ1v) is 11.9. The summed E-state index contributed by atoms with van der Waals surface area (Å²) in [5.74, 6) is 0.628. The van der Waals surface area contributed by atoms with E-state index in [9.17, 15) is 9.59 Å². The quantitative estimate of drug-likeness (QED) is 0.324. The smallest absolute Gasteiger partial charge is 0.408 e. The Hall–Kier alpha value is -4.54. The van der Waals surface area contributed by atoms with E-state index < -0.39 is 5.76 Å². The highest BCUT2D eigenvalue weighted by Crippen LogP contribution is 2.25. The molecular weight excluding hydrogens is 460 g/mol. The Bertz CT molecular complexity index is 1420. The Labute approximate surface area is 207 Å². The van der Waals surface area contributed by atoms with Gasteiger partial charge in [0.25, 0.3) is 0 Å². The SMILES string of the molecule is CCNC(=O)N1CCN(c2ccc(Nc3ncc(C)c(Nc4ccc5oc(=O)[nH]c5c4)n3)cc2)CC1. The number of nitrogens with zero attached hydrogens (tertiary/aromatic N) is 4. The highest BCUT2D eigenvalue weighted by molar-refractivity contribution is 5.78. The van der Waals surface area contributed by atoms with Crippen LogP contribution in [0.2, 0.25) is 0 Å². The molecule has 1 aliphatic heterocycles. The van der Waals surface area contributed by atoms with Crippen molar-refractivity contribution in [2.45, 2.75) is 13.8 Å². The van der Waals surface area contributed by atoms with Crippen LogP contribution < -0.4 is 26.6 Å². The molecule has 11 nitrogen and oxygen atoms in total. The average molecular weight is 489 g/mol. The number of benzene rings is 2. The second kappa shape index (κ2) is 9.98. The van der Waals surface area contributed by atoms with E-state index in [4.69, 9.17) is 4.42 Å². The zero-order valence-corrected chi connectivity index (χ0v) is 20.2. The molecule has 2 aromatic heterocycles. The van der Waals surface area contributed by atoms with Gasteiger partial charge in [-0.25, -0.2) is 14.6 Å². The van der Waals surface area contributed by atoms with Crippen LogP contribution in [0, 0.1) is 6.92 Å². The second-order valence-electron chi connectivity index (χ2n) is 8.56. The molecule has 0 saturated carbocycles. The number of H-pyrrole nitrogens is 1. The molecule has 11 heteroatoms. The fraction of sp³-hybridized carbons (Fsp3) is 0.280. The lowest BCUT2D eigenvalue weighted by Gasteiger charge is -2.36. The number of hydrogen-bond acceptors (Lipinski definition) is 8. The minimum atomic E-state index is -0.487. The lowest BCUT2D eigenvalue weighted by atomic mass is 10.2. The van der Waals surface area contributed by atoms with Crippen molar-refractivity contribution in [1.82, 2.24) is 25.2 Å². The van der Waals surface area contributed by atoms with Gasteiger partial charge >= 0.3 is 11.8 Å². The minimum Gasteiger partial charge on any atom is -0.408 e. The third-order valence-corrected chi connectivity index (χ3v) is 6.04. The van der Waals surface area contributed by atoms with Crippen molar-refractivity contribution >= 4 is 46.0 Å². The van der Waals surface area contributed by atoms with Crippen molar-refractivity contribution in [3.8, 4) is 0 Å². The third-order valence-electron chi connectivity index (χ3n) is 6.04. The highest BCUT2D eigenvalue weighted by Gasteiger charge is 2.20. The molecule has 4 N–H and O–H groups in total. The van der Waals surface area contributed by atoms with Gasteiger partial charge in [-0.1, -0.05) is 0 Å². The van der Waals surface area contributed by atoms with Gasteiger partial charge in [-0.2, -0.15) is 4.98 Å². The van der Waals surface area contributed by atoms with Crippen LogP contribution in [0.5, 0.6) is 0 Å². The van der Waals surface area contributed by atoms with Gasteiger partial charge in [0.1, 0.15) is 5.82 Å². The van der Waals surface area contributed by atoms with E-state index in [1.165, 1.54) is 0 Å². The predicted octanol–water partition coefficient (Wildman–Crippen LogP) is 3.56. The van der Waals surface area contributed by atoms with Crippen LogP contribution in [0.4, 0.5) is 33.6 Å². The summed E-state index contributed by atoms with van der Waals surface area (Å²) < 4.78 is 5.06. The summed E-state index contributed by atoms with van der Waals surface area (Å²) in [5.41, 5.74) is 4.73. The fourth-order valence-electron chi connectivity index (χ4n) is 4.11. The summed E-state index contributed by atoms with van der Waals surface area (Å²) >= 11 is 0. The molecule has 0 bridgehead atoms. The lowest BCUT2D eigenvalue weighted by Crippen LogP contribution is -2.51. The normalized spacial score (nSPS) is 13.6. The Morgan fingerprint density at radius 3 is 2.56 bits per heavy atom. The van der Waals surface area contributed by atoms with E-state index in [0.717, 1.165) is 35.7 Å². The number of aromatic amines is 1. The highest BCUT2D eigenvalue weighted by atomic mass is 16.4. The van der Waals surface area contributed by atoms with Crippen molar-refractivity contribution in [1.29, 1.82) is 0 Å². The van der Waals surface area contributed by atoms with Crippen LogP contribution in [0.25, 0.3) is 11.1 Å². The number of anilines is 5. The summed E-state index contributed by atoms with van der Waals surface area (Å²) in [4.78, 5) is 39.2. The standard InChI is InChI=1S/C25H28N8O3/c1-3-26-24(34)33-12-10-32(11-13-33)19-7-4-17(5-8-19)29-23-27-15-16(2)22(31-23)28-18-6-9-21-20(14-18)30-25(35)36-21/h4-9,14-15H,3,10-13H2,1-2H3,(H,26,34)(H,30,35)(H2,27,28,29,31). The van der Waals surface area contributed by atoms with Gasteiger partial charge < -0.3 is 30.2 Å². The molecule has 5 rings (SSSR count). The maximum absolute atomic E-state index is 12.0. The number of carbonyl (C=O) groups excluding carboxylic acids is 1. The Balaban J connectivity index is 1.23. The second-order valence-corrected chi connectivity index (χ2v) is 8.56. The molecule has 0 atom stereocenters. The topological polar surface area (TPSA) is 131 Å². The van der Waals surface area contributed by atoms with E-state index in [1.807, 2.05) is 36.9 Å². The number of rotatable bonds is 6. The summed E-state index contributed by atoms with van der Waals surface area (Å²) in [6.07, 6.45) is 1.75. The molecular formula is C25H28N8O3. The molecule has 0 unspecified atom stereocenters. The summed E-state index contributed by atoms with van der Waals surface area (Å²) in [6.45, 7) is 7.46. The first-order valence-electron chi connectivity index (χ1n) is 11.9. The van der Waals surface area contributed by atoms with Crippen molar-refractivity contribution in [2.75, 3.05) is 48.3 Å². The number of fused-ring (bicyclic) bond motifs is 1. The fourth-order valence-corrected chi connectivity index (χ4v) is 4.11. The number of nitrogens with one attached hydrogen (secondary N) is 4.